The van der Waals surface area contributed by atoms with Crippen LogP contribution in [0.1, 0.15) is 58.5 Å². The predicted molar refractivity (Wildman–Crippen MR) is 128 cm³/mol. The van der Waals surface area contributed by atoms with Crippen LogP contribution < -0.4 is 11.0 Å². The van der Waals surface area contributed by atoms with Crippen LogP contribution in [-0.2, 0) is 18.0 Å². The highest BCUT2D eigenvalue weighted by Gasteiger charge is 2.11. The fourth-order valence-corrected chi connectivity index (χ4v) is 3.92. The van der Waals surface area contributed by atoms with Crippen LogP contribution in [0.4, 0.5) is 0 Å². The molecule has 3 rings (SSSR count). The fraction of sp³-hybridized carbons (Fsp3) is 0.308. The van der Waals surface area contributed by atoms with Crippen molar-refractivity contribution in [3.05, 3.63) is 82.9 Å². The van der Waals surface area contributed by atoms with Crippen molar-refractivity contribution in [2.75, 3.05) is 13.1 Å². The Morgan fingerprint density at radius 2 is 1.36 bits per heavy atom. The SMILES string of the molecule is CCCN(CCC)Cc1cccc2c(CONC(=O)c3ccc(C(=O)NO)cc3)cccc12. The zero-order valence-electron chi connectivity index (χ0n) is 19.1. The molecule has 0 atom stereocenters. The average Bonchev–Trinajstić information content (AvgIpc) is 2.84. The van der Waals surface area contributed by atoms with Gasteiger partial charge in [-0.15, -0.1) is 0 Å². The van der Waals surface area contributed by atoms with E-state index in [9.17, 15) is 9.59 Å². The van der Waals surface area contributed by atoms with E-state index in [0.717, 1.165) is 43.4 Å². The predicted octanol–water partition coefficient (Wildman–Crippen LogP) is 4.44. The lowest BCUT2D eigenvalue weighted by molar-refractivity contribution is 0.0237. The Balaban J connectivity index is 1.67. The van der Waals surface area contributed by atoms with E-state index in [4.69, 9.17) is 10.0 Å². The zero-order chi connectivity index (χ0) is 23.6. The molecule has 174 valence electrons. The number of hydroxylamine groups is 2. The molecule has 0 spiro atoms. The summed E-state index contributed by atoms with van der Waals surface area (Å²) < 4.78 is 0. The molecule has 0 fully saturated rings. The third-order valence-electron chi connectivity index (χ3n) is 5.48. The van der Waals surface area contributed by atoms with Gasteiger partial charge in [0.1, 0.15) is 6.61 Å². The van der Waals surface area contributed by atoms with Crippen LogP contribution in [0, 0.1) is 0 Å². The van der Waals surface area contributed by atoms with Crippen molar-refractivity contribution in [3.63, 3.8) is 0 Å². The van der Waals surface area contributed by atoms with Gasteiger partial charge in [0.2, 0.25) is 0 Å². The Hall–Kier alpha value is -3.26. The number of carbonyl (C=O) groups is 2. The van der Waals surface area contributed by atoms with Crippen molar-refractivity contribution < 1.29 is 19.6 Å². The molecular formula is C26H31N3O4. The van der Waals surface area contributed by atoms with E-state index < -0.39 is 11.8 Å². The number of benzene rings is 3. The quantitative estimate of drug-likeness (QED) is 0.297. The molecule has 7 nitrogen and oxygen atoms in total. The highest BCUT2D eigenvalue weighted by Crippen LogP contribution is 2.24. The van der Waals surface area contributed by atoms with E-state index in [1.54, 1.807) is 5.48 Å². The molecule has 0 saturated heterocycles. The van der Waals surface area contributed by atoms with E-state index >= 15 is 0 Å². The van der Waals surface area contributed by atoms with Crippen molar-refractivity contribution in [2.24, 2.45) is 0 Å². The largest absolute Gasteiger partial charge is 0.299 e. The number of nitrogens with one attached hydrogen (secondary N) is 2. The molecular weight excluding hydrogens is 418 g/mol. The normalized spacial score (nSPS) is 11.0. The van der Waals surface area contributed by atoms with Crippen LogP contribution in [0.3, 0.4) is 0 Å². The van der Waals surface area contributed by atoms with Gasteiger partial charge >= 0.3 is 0 Å². The van der Waals surface area contributed by atoms with Crippen LogP contribution in [-0.4, -0.2) is 35.0 Å². The minimum atomic E-state index is -0.638. The standard InChI is InChI=1S/C26H31N3O4/c1-3-15-29(16-4-2)17-21-7-5-10-24-22(8-6-9-23(21)24)18-33-28-26(31)20-13-11-19(12-14-20)25(30)27-32/h5-14,32H,3-4,15-18H2,1-2H3,(H,27,30)(H,28,31). The first kappa shape index (κ1) is 24.4. The summed E-state index contributed by atoms with van der Waals surface area (Å²) in [7, 11) is 0. The maximum atomic E-state index is 12.4. The highest BCUT2D eigenvalue weighted by molar-refractivity contribution is 5.97. The second-order valence-electron chi connectivity index (χ2n) is 7.94. The zero-order valence-corrected chi connectivity index (χ0v) is 19.1. The Labute approximate surface area is 194 Å². The van der Waals surface area contributed by atoms with Crippen molar-refractivity contribution in [1.29, 1.82) is 0 Å². The van der Waals surface area contributed by atoms with Gasteiger partial charge in [-0.05, 0) is 72.1 Å². The molecule has 0 aliphatic carbocycles. The Bertz CT molecular complexity index is 1080. The number of hydrogen-bond acceptors (Lipinski definition) is 5. The molecule has 0 saturated carbocycles. The summed E-state index contributed by atoms with van der Waals surface area (Å²) in [6.07, 6.45) is 2.25. The average molecular weight is 450 g/mol. The number of fused-ring (bicyclic) bond motifs is 1. The van der Waals surface area contributed by atoms with E-state index in [0.29, 0.717) is 5.56 Å². The number of rotatable bonds is 11. The number of hydrogen-bond donors (Lipinski definition) is 3. The van der Waals surface area contributed by atoms with Crippen molar-refractivity contribution >= 4 is 22.6 Å². The summed E-state index contributed by atoms with van der Waals surface area (Å²) >= 11 is 0. The van der Waals surface area contributed by atoms with Crippen molar-refractivity contribution in [2.45, 2.75) is 39.8 Å². The monoisotopic (exact) mass is 449 g/mol. The van der Waals surface area contributed by atoms with E-state index in [1.807, 2.05) is 12.1 Å². The number of amides is 2. The molecule has 0 aliphatic heterocycles. The summed E-state index contributed by atoms with van der Waals surface area (Å²) in [6, 6.07) is 18.4. The van der Waals surface area contributed by atoms with Crippen LogP contribution in [0.15, 0.2) is 60.7 Å². The Morgan fingerprint density at radius 3 is 1.94 bits per heavy atom. The molecule has 0 aliphatic rings. The minimum absolute atomic E-state index is 0.227. The summed E-state index contributed by atoms with van der Waals surface area (Å²) in [6.45, 7) is 7.69. The van der Waals surface area contributed by atoms with Crippen LogP contribution in [0.2, 0.25) is 0 Å². The van der Waals surface area contributed by atoms with Gasteiger partial charge in [-0.25, -0.2) is 11.0 Å². The van der Waals surface area contributed by atoms with Crippen LogP contribution in [0.25, 0.3) is 10.8 Å². The molecule has 3 aromatic carbocycles. The van der Waals surface area contributed by atoms with Gasteiger partial charge in [-0.2, -0.15) is 0 Å². The molecule has 0 radical (unpaired) electrons. The first-order chi connectivity index (χ1) is 16.1. The van der Waals surface area contributed by atoms with Gasteiger partial charge in [-0.3, -0.25) is 24.5 Å². The third-order valence-corrected chi connectivity index (χ3v) is 5.48. The topological polar surface area (TPSA) is 90.9 Å². The number of carbonyl (C=O) groups excluding carboxylic acids is 2. The Morgan fingerprint density at radius 1 is 0.818 bits per heavy atom. The molecule has 0 unspecified atom stereocenters. The minimum Gasteiger partial charge on any atom is -0.299 e. The van der Waals surface area contributed by atoms with Gasteiger partial charge in [0.15, 0.2) is 0 Å². The molecule has 0 heterocycles. The first-order valence-corrected chi connectivity index (χ1v) is 11.3. The summed E-state index contributed by atoms with van der Waals surface area (Å²) in [4.78, 5) is 31.7. The molecule has 3 N–H and O–H groups in total. The third kappa shape index (κ3) is 6.38. The molecule has 2 amide bonds. The molecule has 0 aromatic heterocycles. The van der Waals surface area contributed by atoms with E-state index in [-0.39, 0.29) is 12.2 Å². The second-order valence-corrected chi connectivity index (χ2v) is 7.94. The number of nitrogens with zero attached hydrogens (tertiary/aromatic N) is 1. The van der Waals surface area contributed by atoms with Gasteiger partial charge < -0.3 is 0 Å². The van der Waals surface area contributed by atoms with Crippen molar-refractivity contribution in [3.8, 4) is 0 Å². The molecule has 7 heteroatoms. The van der Waals surface area contributed by atoms with Gasteiger partial charge in [0.25, 0.3) is 11.8 Å². The van der Waals surface area contributed by atoms with Gasteiger partial charge in [0.05, 0.1) is 0 Å². The van der Waals surface area contributed by atoms with E-state index in [2.05, 4.69) is 48.5 Å². The highest BCUT2D eigenvalue weighted by atomic mass is 16.6. The van der Waals surface area contributed by atoms with Crippen molar-refractivity contribution in [1.82, 2.24) is 15.9 Å². The van der Waals surface area contributed by atoms with Crippen LogP contribution >= 0.6 is 0 Å². The smallest absolute Gasteiger partial charge is 0.274 e. The molecule has 3 aromatic rings. The second kappa shape index (κ2) is 12.1. The van der Waals surface area contributed by atoms with Gasteiger partial charge in [-0.1, -0.05) is 50.2 Å². The summed E-state index contributed by atoms with van der Waals surface area (Å²) in [5, 5.41) is 11.0. The molecule has 33 heavy (non-hydrogen) atoms. The first-order valence-electron chi connectivity index (χ1n) is 11.3. The summed E-state index contributed by atoms with van der Waals surface area (Å²) in [5.41, 5.74) is 6.88. The maximum absolute atomic E-state index is 12.4. The lowest BCUT2D eigenvalue weighted by Gasteiger charge is -2.22. The van der Waals surface area contributed by atoms with Crippen LogP contribution in [0.5, 0.6) is 0 Å². The lowest BCUT2D eigenvalue weighted by Crippen LogP contribution is -2.25. The summed E-state index contributed by atoms with van der Waals surface area (Å²) in [5.74, 6) is -1.05. The molecule has 0 bridgehead atoms. The van der Waals surface area contributed by atoms with E-state index in [1.165, 1.54) is 35.2 Å². The van der Waals surface area contributed by atoms with Gasteiger partial charge in [0, 0.05) is 17.7 Å². The lowest BCUT2D eigenvalue weighted by atomic mass is 10.00. The maximum Gasteiger partial charge on any atom is 0.274 e. The fourth-order valence-electron chi connectivity index (χ4n) is 3.92. The Kier molecular flexibility index (Phi) is 8.95.